The van der Waals surface area contributed by atoms with Crippen LogP contribution >= 0.6 is 11.3 Å². The van der Waals surface area contributed by atoms with Crippen molar-refractivity contribution in [3.8, 4) is 0 Å². The fraction of sp³-hybridized carbons (Fsp3) is 0.750. The molecule has 2 rings (SSSR count). The van der Waals surface area contributed by atoms with E-state index in [0.29, 0.717) is 6.04 Å². The highest BCUT2D eigenvalue weighted by Gasteiger charge is 2.25. The lowest BCUT2D eigenvalue weighted by Gasteiger charge is -2.37. The molecule has 2 unspecified atom stereocenters. The van der Waals surface area contributed by atoms with Crippen molar-refractivity contribution in [3.05, 3.63) is 16.1 Å². The van der Waals surface area contributed by atoms with Crippen LogP contribution in [0.1, 0.15) is 30.3 Å². The molecule has 0 aromatic carbocycles. The highest BCUT2D eigenvalue weighted by Crippen LogP contribution is 2.25. The van der Waals surface area contributed by atoms with Crippen LogP contribution in [0.4, 0.5) is 0 Å². The summed E-state index contributed by atoms with van der Waals surface area (Å²) in [5.41, 5.74) is 8.99. The number of thiazole rings is 1. The van der Waals surface area contributed by atoms with Gasteiger partial charge in [0.25, 0.3) is 0 Å². The van der Waals surface area contributed by atoms with Crippen LogP contribution in [0.5, 0.6) is 0 Å². The van der Waals surface area contributed by atoms with E-state index < -0.39 is 0 Å². The summed E-state index contributed by atoms with van der Waals surface area (Å²) in [5.74, 6) is 0.826. The molecule has 1 saturated heterocycles. The maximum atomic E-state index is 5.87. The van der Waals surface area contributed by atoms with Crippen LogP contribution < -0.4 is 5.73 Å². The molecule has 2 atom stereocenters. The van der Waals surface area contributed by atoms with Crippen LogP contribution in [-0.4, -0.2) is 29.0 Å². The monoisotopic (exact) mass is 239 g/mol. The van der Waals surface area contributed by atoms with Crippen molar-refractivity contribution in [1.29, 1.82) is 0 Å². The number of likely N-dealkylation sites (tertiary alicyclic amines) is 1. The van der Waals surface area contributed by atoms with Gasteiger partial charge in [0, 0.05) is 24.0 Å². The van der Waals surface area contributed by atoms with E-state index in [1.54, 1.807) is 11.3 Å². The Labute approximate surface area is 102 Å². The molecule has 0 aliphatic carbocycles. The van der Waals surface area contributed by atoms with Gasteiger partial charge < -0.3 is 5.73 Å². The molecule has 0 bridgehead atoms. The van der Waals surface area contributed by atoms with Crippen molar-refractivity contribution in [3.63, 3.8) is 0 Å². The van der Waals surface area contributed by atoms with Gasteiger partial charge in [-0.2, -0.15) is 0 Å². The van der Waals surface area contributed by atoms with Crippen LogP contribution in [0.2, 0.25) is 0 Å². The molecular weight excluding hydrogens is 218 g/mol. The van der Waals surface area contributed by atoms with Crippen LogP contribution in [0.15, 0.2) is 5.51 Å². The number of hydrogen-bond acceptors (Lipinski definition) is 4. The largest absolute Gasteiger partial charge is 0.329 e. The normalized spacial score (nSPS) is 27.2. The number of piperidine rings is 1. The molecule has 1 aromatic heterocycles. The van der Waals surface area contributed by atoms with Gasteiger partial charge in [-0.3, -0.25) is 4.90 Å². The third kappa shape index (κ3) is 2.62. The molecule has 1 fully saturated rings. The zero-order valence-electron chi connectivity index (χ0n) is 10.1. The molecule has 0 saturated carbocycles. The molecule has 2 N–H and O–H groups in total. The van der Waals surface area contributed by atoms with Crippen molar-refractivity contribution in [1.82, 2.24) is 9.88 Å². The van der Waals surface area contributed by atoms with E-state index in [4.69, 9.17) is 5.73 Å². The van der Waals surface area contributed by atoms with Crippen molar-refractivity contribution < 1.29 is 0 Å². The Hall–Kier alpha value is -0.450. The molecule has 3 nitrogen and oxygen atoms in total. The van der Waals surface area contributed by atoms with E-state index in [0.717, 1.165) is 19.0 Å². The number of nitrogens with zero attached hydrogens (tertiary/aromatic N) is 2. The van der Waals surface area contributed by atoms with E-state index in [2.05, 4.69) is 23.7 Å². The van der Waals surface area contributed by atoms with E-state index in [9.17, 15) is 0 Å². The average Bonchev–Trinajstić information content (AvgIpc) is 2.67. The topological polar surface area (TPSA) is 42.2 Å². The van der Waals surface area contributed by atoms with E-state index in [1.165, 1.54) is 30.0 Å². The van der Waals surface area contributed by atoms with Crippen molar-refractivity contribution in [2.24, 2.45) is 11.7 Å². The summed E-state index contributed by atoms with van der Waals surface area (Å²) in [6.07, 6.45) is 2.54. The lowest BCUT2D eigenvalue weighted by Crippen LogP contribution is -2.45. The van der Waals surface area contributed by atoms with Gasteiger partial charge in [-0.05, 0) is 32.2 Å². The number of hydrogen-bond donors (Lipinski definition) is 1. The summed E-state index contributed by atoms with van der Waals surface area (Å²) in [7, 11) is 0. The van der Waals surface area contributed by atoms with Gasteiger partial charge in [-0.15, -0.1) is 11.3 Å². The minimum absolute atomic E-state index is 0.560. The SMILES string of the molecule is Cc1ncsc1CN1CCC(C)CC1CN. The molecule has 4 heteroatoms. The number of aryl methyl sites for hydroxylation is 1. The highest BCUT2D eigenvalue weighted by molar-refractivity contribution is 7.09. The maximum absolute atomic E-state index is 5.87. The smallest absolute Gasteiger partial charge is 0.0798 e. The first-order chi connectivity index (χ1) is 7.70. The summed E-state index contributed by atoms with van der Waals surface area (Å²) in [6.45, 7) is 7.42. The van der Waals surface area contributed by atoms with Gasteiger partial charge in [0.1, 0.15) is 0 Å². The minimum Gasteiger partial charge on any atom is -0.329 e. The molecule has 1 aromatic rings. The van der Waals surface area contributed by atoms with Crippen molar-refractivity contribution >= 4 is 11.3 Å². The summed E-state index contributed by atoms with van der Waals surface area (Å²) in [4.78, 5) is 8.23. The van der Waals surface area contributed by atoms with E-state index >= 15 is 0 Å². The summed E-state index contributed by atoms with van der Waals surface area (Å²) >= 11 is 1.76. The number of aromatic nitrogens is 1. The zero-order chi connectivity index (χ0) is 11.5. The molecule has 0 radical (unpaired) electrons. The van der Waals surface area contributed by atoms with Crippen molar-refractivity contribution in [2.75, 3.05) is 13.1 Å². The quantitative estimate of drug-likeness (QED) is 0.877. The molecule has 1 aliphatic rings. The van der Waals surface area contributed by atoms with Gasteiger partial charge in [0.15, 0.2) is 0 Å². The molecule has 0 spiro atoms. The van der Waals surface area contributed by atoms with E-state index in [1.807, 2.05) is 5.51 Å². The van der Waals surface area contributed by atoms with Crippen LogP contribution in [0, 0.1) is 12.8 Å². The Balaban J connectivity index is 2.01. The Morgan fingerprint density at radius 1 is 1.62 bits per heavy atom. The highest BCUT2D eigenvalue weighted by atomic mass is 32.1. The van der Waals surface area contributed by atoms with Gasteiger partial charge in [-0.25, -0.2) is 4.98 Å². The lowest BCUT2D eigenvalue weighted by molar-refractivity contribution is 0.116. The molecule has 1 aliphatic heterocycles. The standard InChI is InChI=1S/C12H21N3S/c1-9-3-4-15(11(5-9)6-13)7-12-10(2)14-8-16-12/h8-9,11H,3-7,13H2,1-2H3. The number of rotatable bonds is 3. The van der Waals surface area contributed by atoms with Gasteiger partial charge >= 0.3 is 0 Å². The second-order valence-corrected chi connectivity index (χ2v) is 5.79. The second kappa shape index (κ2) is 5.25. The van der Waals surface area contributed by atoms with Crippen LogP contribution in [-0.2, 0) is 6.54 Å². The third-order valence-corrected chi connectivity index (χ3v) is 4.48. The van der Waals surface area contributed by atoms with Gasteiger partial charge in [0.2, 0.25) is 0 Å². The Kier molecular flexibility index (Phi) is 3.95. The predicted octanol–water partition coefficient (Wildman–Crippen LogP) is 2.01. The predicted molar refractivity (Wildman–Crippen MR) is 68.5 cm³/mol. The zero-order valence-corrected chi connectivity index (χ0v) is 11.0. The Morgan fingerprint density at radius 2 is 2.44 bits per heavy atom. The minimum atomic E-state index is 0.560. The molecule has 90 valence electrons. The molecule has 2 heterocycles. The lowest BCUT2D eigenvalue weighted by atomic mass is 9.92. The Morgan fingerprint density at radius 3 is 3.06 bits per heavy atom. The third-order valence-electron chi connectivity index (χ3n) is 3.56. The Bertz CT molecular complexity index is 337. The number of nitrogens with two attached hydrogens (primary N) is 1. The first kappa shape index (κ1) is 12.0. The first-order valence-electron chi connectivity index (χ1n) is 6.03. The van der Waals surface area contributed by atoms with Gasteiger partial charge in [-0.1, -0.05) is 6.92 Å². The second-order valence-electron chi connectivity index (χ2n) is 4.85. The van der Waals surface area contributed by atoms with Crippen LogP contribution in [0.3, 0.4) is 0 Å². The van der Waals surface area contributed by atoms with Gasteiger partial charge in [0.05, 0.1) is 11.2 Å². The summed E-state index contributed by atoms with van der Waals surface area (Å²) in [5, 5.41) is 0. The van der Waals surface area contributed by atoms with Crippen LogP contribution in [0.25, 0.3) is 0 Å². The van der Waals surface area contributed by atoms with E-state index in [-0.39, 0.29) is 0 Å². The summed E-state index contributed by atoms with van der Waals surface area (Å²) in [6, 6.07) is 0.560. The summed E-state index contributed by atoms with van der Waals surface area (Å²) < 4.78 is 0. The average molecular weight is 239 g/mol. The van der Waals surface area contributed by atoms with Crippen molar-refractivity contribution in [2.45, 2.75) is 39.3 Å². The fourth-order valence-corrected chi connectivity index (χ4v) is 3.22. The first-order valence-corrected chi connectivity index (χ1v) is 6.91. The fourth-order valence-electron chi connectivity index (χ4n) is 2.42. The molecule has 16 heavy (non-hydrogen) atoms. The molecule has 0 amide bonds. The maximum Gasteiger partial charge on any atom is 0.0798 e. The molecular formula is C12H21N3S.